The van der Waals surface area contributed by atoms with Crippen molar-refractivity contribution in [3.8, 4) is 22.6 Å². The lowest BCUT2D eigenvalue weighted by molar-refractivity contribution is 0.0588. The summed E-state index contributed by atoms with van der Waals surface area (Å²) in [6.07, 6.45) is 7.58. The number of hydrogen-bond donors (Lipinski definition) is 0. The molecule has 0 amide bonds. The predicted octanol–water partition coefficient (Wildman–Crippen LogP) is 8.97. The van der Waals surface area contributed by atoms with Crippen LogP contribution in [0.25, 0.3) is 11.1 Å². The van der Waals surface area contributed by atoms with E-state index in [1.54, 1.807) is 24.3 Å². The highest BCUT2D eigenvalue weighted by Gasteiger charge is 2.34. The molecule has 0 aromatic heterocycles. The van der Waals surface area contributed by atoms with Crippen molar-refractivity contribution in [3.05, 3.63) is 46.8 Å². The second-order valence-corrected chi connectivity index (χ2v) is 9.48. The zero-order chi connectivity index (χ0) is 23.4. The molecule has 1 unspecified atom stereocenters. The van der Waals surface area contributed by atoms with Gasteiger partial charge in [-0.05, 0) is 67.2 Å². The van der Waals surface area contributed by atoms with E-state index < -0.39 is 18.8 Å². The van der Waals surface area contributed by atoms with Gasteiger partial charge in [0.15, 0.2) is 0 Å². The molecule has 4 rings (SSSR count). The molecule has 1 aliphatic heterocycles. The minimum absolute atomic E-state index is 0.0578. The van der Waals surface area contributed by atoms with Crippen LogP contribution in [-0.2, 0) is 6.67 Å². The number of hydrogen-bond acceptors (Lipinski definition) is 2. The summed E-state index contributed by atoms with van der Waals surface area (Å²) in [7, 11) is 0. The van der Waals surface area contributed by atoms with Crippen LogP contribution in [0.15, 0.2) is 24.3 Å². The molecule has 0 bridgehead atoms. The Kier molecular flexibility index (Phi) is 7.87. The van der Waals surface area contributed by atoms with Crippen molar-refractivity contribution in [2.45, 2.75) is 90.6 Å². The molecule has 0 saturated heterocycles. The van der Waals surface area contributed by atoms with Gasteiger partial charge in [0.05, 0.1) is 17.7 Å². The number of unbranched alkanes of at least 4 members (excludes halogenated alkanes) is 2. The highest BCUT2D eigenvalue weighted by Crippen LogP contribution is 2.50. The molecule has 5 heteroatoms. The second kappa shape index (κ2) is 10.8. The third-order valence-corrected chi connectivity index (χ3v) is 7.31. The molecule has 0 spiro atoms. The Bertz CT molecular complexity index is 951. The Morgan fingerprint density at radius 1 is 0.970 bits per heavy atom. The Balaban J connectivity index is 1.61. The first kappa shape index (κ1) is 24.0. The summed E-state index contributed by atoms with van der Waals surface area (Å²) in [5.41, 5.74) is 1.67. The first-order chi connectivity index (χ1) is 16.1. The van der Waals surface area contributed by atoms with Crippen molar-refractivity contribution in [2.24, 2.45) is 5.92 Å². The largest absolute Gasteiger partial charge is 0.493 e. The van der Waals surface area contributed by atoms with E-state index >= 15 is 8.78 Å². The third kappa shape index (κ3) is 4.88. The number of ether oxygens (including phenoxy) is 2. The van der Waals surface area contributed by atoms with Crippen molar-refractivity contribution in [1.29, 1.82) is 0 Å². The maximum absolute atomic E-state index is 15.6. The van der Waals surface area contributed by atoms with Crippen LogP contribution in [0.2, 0.25) is 0 Å². The Morgan fingerprint density at radius 3 is 2.39 bits per heavy atom. The van der Waals surface area contributed by atoms with Gasteiger partial charge in [-0.3, -0.25) is 0 Å². The minimum Gasteiger partial charge on any atom is -0.493 e. The predicted molar refractivity (Wildman–Crippen MR) is 126 cm³/mol. The van der Waals surface area contributed by atoms with Crippen LogP contribution in [-0.4, -0.2) is 6.61 Å². The highest BCUT2D eigenvalue weighted by atomic mass is 19.2. The molecule has 2 aliphatic rings. The van der Waals surface area contributed by atoms with Gasteiger partial charge >= 0.3 is 0 Å². The molecule has 180 valence electrons. The smallest absolute Gasteiger partial charge is 0.267 e. The molecule has 2 aromatic carbocycles. The summed E-state index contributed by atoms with van der Waals surface area (Å²) in [6, 6.07) is 6.98. The molecule has 1 fully saturated rings. The van der Waals surface area contributed by atoms with Crippen LogP contribution in [0.1, 0.15) is 101 Å². The molecule has 1 atom stereocenters. The van der Waals surface area contributed by atoms with E-state index in [4.69, 9.17) is 9.47 Å². The Labute approximate surface area is 195 Å². The third-order valence-electron chi connectivity index (χ3n) is 7.31. The molecule has 1 aliphatic carbocycles. The first-order valence-electron chi connectivity index (χ1n) is 12.6. The van der Waals surface area contributed by atoms with Crippen LogP contribution in [0, 0.1) is 11.7 Å². The van der Waals surface area contributed by atoms with Gasteiger partial charge in [-0.1, -0.05) is 51.7 Å². The number of rotatable bonds is 9. The molecular weight excluding hydrogens is 425 g/mol. The maximum atomic E-state index is 15.6. The van der Waals surface area contributed by atoms with Gasteiger partial charge in [-0.2, -0.15) is 4.39 Å². The first-order valence-corrected chi connectivity index (χ1v) is 12.6. The highest BCUT2D eigenvalue weighted by molar-refractivity contribution is 5.79. The molecule has 33 heavy (non-hydrogen) atoms. The van der Waals surface area contributed by atoms with Crippen molar-refractivity contribution in [1.82, 2.24) is 0 Å². The van der Waals surface area contributed by atoms with E-state index in [1.807, 2.05) is 6.92 Å². The minimum atomic E-state index is -1.97. The Hall–Kier alpha value is -2.17. The molecule has 1 saturated carbocycles. The average molecular weight is 461 g/mol. The topological polar surface area (TPSA) is 18.5 Å². The number of fused-ring (bicyclic) bond motifs is 3. The quantitative estimate of drug-likeness (QED) is 0.348. The lowest BCUT2D eigenvalue weighted by Crippen LogP contribution is -2.18. The van der Waals surface area contributed by atoms with Crippen LogP contribution in [0.4, 0.5) is 13.2 Å². The van der Waals surface area contributed by atoms with Crippen molar-refractivity contribution in [3.63, 3.8) is 0 Å². The molecule has 2 nitrogen and oxygen atoms in total. The monoisotopic (exact) mass is 460 g/mol. The standard InChI is InChI=1S/C28H35F3O2/c1-3-5-7-18-8-10-19(11-9-18)20-12-13-21-22-14-15-24(32-16-6-4-2)23(17-29)27(22)33-28(31)25(21)26(20)30/h12-15,18-19,28H,3-11,16-17H2,1-2H3. The number of alkyl halides is 2. The van der Waals surface area contributed by atoms with Gasteiger partial charge in [0.1, 0.15) is 24.0 Å². The molecule has 1 heterocycles. The number of halogens is 3. The van der Waals surface area contributed by atoms with E-state index in [0.717, 1.165) is 44.4 Å². The van der Waals surface area contributed by atoms with Crippen molar-refractivity contribution in [2.75, 3.05) is 6.61 Å². The maximum Gasteiger partial charge on any atom is 0.267 e. The van der Waals surface area contributed by atoms with E-state index in [2.05, 4.69) is 6.92 Å². The average Bonchev–Trinajstić information content (AvgIpc) is 2.83. The molecule has 0 N–H and O–H groups in total. The second-order valence-electron chi connectivity index (χ2n) is 9.48. The summed E-state index contributed by atoms with van der Waals surface area (Å²) < 4.78 is 55.9. The molecule has 0 radical (unpaired) electrons. The van der Waals surface area contributed by atoms with Gasteiger partial charge in [0.25, 0.3) is 6.36 Å². The lowest BCUT2D eigenvalue weighted by atomic mass is 9.76. The summed E-state index contributed by atoms with van der Waals surface area (Å²) in [6.45, 7) is 3.87. The van der Waals surface area contributed by atoms with Crippen LogP contribution in [0.5, 0.6) is 11.5 Å². The molecule has 2 aromatic rings. The van der Waals surface area contributed by atoms with E-state index in [0.29, 0.717) is 29.0 Å². The van der Waals surface area contributed by atoms with Gasteiger partial charge < -0.3 is 9.47 Å². The van der Waals surface area contributed by atoms with Crippen molar-refractivity contribution < 1.29 is 22.6 Å². The Morgan fingerprint density at radius 2 is 1.70 bits per heavy atom. The van der Waals surface area contributed by atoms with Crippen LogP contribution in [0.3, 0.4) is 0 Å². The fraction of sp³-hybridized carbons (Fsp3) is 0.571. The normalized spacial score (nSPS) is 21.8. The lowest BCUT2D eigenvalue weighted by Gasteiger charge is -2.31. The summed E-state index contributed by atoms with van der Waals surface area (Å²) in [5.74, 6) is 0.802. The van der Waals surface area contributed by atoms with Gasteiger partial charge in [0, 0.05) is 5.56 Å². The summed E-state index contributed by atoms with van der Waals surface area (Å²) in [4.78, 5) is 0. The van der Waals surface area contributed by atoms with Gasteiger partial charge in [0.2, 0.25) is 0 Å². The van der Waals surface area contributed by atoms with Gasteiger partial charge in [-0.15, -0.1) is 0 Å². The summed E-state index contributed by atoms with van der Waals surface area (Å²) >= 11 is 0. The zero-order valence-corrected chi connectivity index (χ0v) is 19.8. The van der Waals surface area contributed by atoms with Gasteiger partial charge in [-0.25, -0.2) is 8.78 Å². The zero-order valence-electron chi connectivity index (χ0n) is 19.8. The molecular formula is C28H35F3O2. The van der Waals surface area contributed by atoms with E-state index in [9.17, 15) is 4.39 Å². The van der Waals surface area contributed by atoms with E-state index in [1.165, 1.54) is 19.3 Å². The fourth-order valence-corrected chi connectivity index (χ4v) is 5.34. The van der Waals surface area contributed by atoms with Crippen molar-refractivity contribution >= 4 is 0 Å². The number of benzene rings is 2. The fourth-order valence-electron chi connectivity index (χ4n) is 5.34. The van der Waals surface area contributed by atoms with Crippen LogP contribution >= 0.6 is 0 Å². The summed E-state index contributed by atoms with van der Waals surface area (Å²) in [5, 5.41) is 0. The SMILES string of the molecule is CCCCOc1ccc2c(c1CF)OC(F)c1c-2ccc(C2CCC(CCCC)CC2)c1F. The van der Waals surface area contributed by atoms with Crippen LogP contribution < -0.4 is 9.47 Å². The van der Waals surface area contributed by atoms with E-state index in [-0.39, 0.29) is 22.8 Å².